The van der Waals surface area contributed by atoms with Crippen LogP contribution in [0.3, 0.4) is 0 Å². The van der Waals surface area contributed by atoms with E-state index in [1.165, 1.54) is 0 Å². The Morgan fingerprint density at radius 2 is 1.62 bits per heavy atom. The van der Waals surface area contributed by atoms with Gasteiger partial charge in [-0.2, -0.15) is 0 Å². The van der Waals surface area contributed by atoms with Crippen molar-refractivity contribution in [2.75, 3.05) is 14.2 Å². The first-order valence-electron chi connectivity index (χ1n) is 8.77. The summed E-state index contributed by atoms with van der Waals surface area (Å²) < 4.78 is 12.9. The molecular weight excluding hydrogens is 350 g/mol. The van der Waals surface area contributed by atoms with E-state index in [2.05, 4.69) is 38.0 Å². The lowest BCUT2D eigenvalue weighted by atomic mass is 9.79. The summed E-state index contributed by atoms with van der Waals surface area (Å²) in [5, 5.41) is 4.19. The van der Waals surface area contributed by atoms with Crippen molar-refractivity contribution >= 4 is 23.1 Å². The first-order valence-corrected chi connectivity index (χ1v) is 9.17. The second kappa shape index (κ2) is 6.39. The zero-order chi connectivity index (χ0) is 19.3. The van der Waals surface area contributed by atoms with Gasteiger partial charge in [-0.15, -0.1) is 0 Å². The van der Waals surface area contributed by atoms with Crippen LogP contribution in [-0.4, -0.2) is 34.8 Å². The molecule has 0 radical (unpaired) electrons. The van der Waals surface area contributed by atoms with Crippen molar-refractivity contribution in [1.29, 1.82) is 0 Å². The van der Waals surface area contributed by atoms with Crippen LogP contribution in [0.25, 0.3) is 10.9 Å². The molecule has 1 aliphatic heterocycles. The van der Waals surface area contributed by atoms with Crippen LogP contribution in [0.5, 0.6) is 11.5 Å². The molecule has 0 atom stereocenters. The normalized spacial score (nSPS) is 19.5. The van der Waals surface area contributed by atoms with Gasteiger partial charge in [-0.3, -0.25) is 9.36 Å². The van der Waals surface area contributed by atoms with Crippen molar-refractivity contribution in [1.82, 2.24) is 14.9 Å². The summed E-state index contributed by atoms with van der Waals surface area (Å²) in [4.78, 5) is 16.5. The highest BCUT2D eigenvalue weighted by Gasteiger charge is 2.39. The molecule has 0 bridgehead atoms. The highest BCUT2D eigenvalue weighted by molar-refractivity contribution is 7.71. The fourth-order valence-electron chi connectivity index (χ4n) is 4.34. The van der Waals surface area contributed by atoms with Crippen LogP contribution in [0.1, 0.15) is 46.6 Å². The van der Waals surface area contributed by atoms with Crippen molar-refractivity contribution < 1.29 is 9.47 Å². The van der Waals surface area contributed by atoms with E-state index >= 15 is 0 Å². The van der Waals surface area contributed by atoms with Gasteiger partial charge in [-0.1, -0.05) is 0 Å². The zero-order valence-electron chi connectivity index (χ0n) is 16.2. The Morgan fingerprint density at radius 3 is 2.15 bits per heavy atom. The number of hydrogen-bond donors (Lipinski definition) is 2. The highest BCUT2D eigenvalue weighted by Crippen LogP contribution is 2.36. The van der Waals surface area contributed by atoms with Gasteiger partial charge in [0.05, 0.1) is 25.1 Å². The molecule has 1 aromatic heterocycles. The van der Waals surface area contributed by atoms with Gasteiger partial charge in [0.25, 0.3) is 5.56 Å². The van der Waals surface area contributed by atoms with Crippen LogP contribution in [0.15, 0.2) is 16.9 Å². The SMILES string of the molecule is COc1cc2[nH]c(=S)n(C3CC(C)(C)NC(C)(C)C3)c(=O)c2cc1OC. The average Bonchev–Trinajstić information content (AvgIpc) is 2.50. The third kappa shape index (κ3) is 3.38. The van der Waals surface area contributed by atoms with E-state index in [-0.39, 0.29) is 22.7 Å². The van der Waals surface area contributed by atoms with Crippen LogP contribution in [0, 0.1) is 4.77 Å². The number of methoxy groups -OCH3 is 2. The second-order valence-corrected chi connectivity index (χ2v) is 8.70. The summed E-state index contributed by atoms with van der Waals surface area (Å²) in [5.41, 5.74) is 0.393. The number of benzene rings is 1. The van der Waals surface area contributed by atoms with Gasteiger partial charge in [-0.25, -0.2) is 0 Å². The van der Waals surface area contributed by atoms with Crippen LogP contribution >= 0.6 is 12.2 Å². The number of nitrogens with zero attached hydrogens (tertiary/aromatic N) is 1. The number of nitrogens with one attached hydrogen (secondary N) is 2. The number of rotatable bonds is 3. The summed E-state index contributed by atoms with van der Waals surface area (Å²) in [7, 11) is 3.13. The standard InChI is InChI=1S/C19H27N3O3S/c1-18(2)9-11(10-19(3,4)21-18)22-16(23)12-7-14(24-5)15(25-6)8-13(12)20-17(22)26/h7-8,11,21H,9-10H2,1-6H3,(H,20,26). The van der Waals surface area contributed by atoms with Crippen molar-refractivity contribution in [3.05, 3.63) is 27.3 Å². The van der Waals surface area contributed by atoms with E-state index in [1.807, 2.05) is 0 Å². The van der Waals surface area contributed by atoms with Gasteiger partial charge in [-0.05, 0) is 58.8 Å². The Kier molecular flexibility index (Phi) is 4.65. The second-order valence-electron chi connectivity index (χ2n) is 8.31. The van der Waals surface area contributed by atoms with Crippen LogP contribution in [0.4, 0.5) is 0 Å². The molecule has 3 rings (SSSR count). The lowest BCUT2D eigenvalue weighted by Crippen LogP contribution is -2.58. The molecule has 1 aliphatic rings. The van der Waals surface area contributed by atoms with Gasteiger partial charge < -0.3 is 19.8 Å². The van der Waals surface area contributed by atoms with E-state index < -0.39 is 0 Å². The smallest absolute Gasteiger partial charge is 0.262 e. The fraction of sp³-hybridized carbons (Fsp3) is 0.579. The molecule has 0 saturated carbocycles. The van der Waals surface area contributed by atoms with Gasteiger partial charge in [0.1, 0.15) is 0 Å². The molecule has 26 heavy (non-hydrogen) atoms. The topological polar surface area (TPSA) is 68.3 Å². The minimum atomic E-state index is -0.0943. The van der Waals surface area contributed by atoms with Gasteiger partial charge >= 0.3 is 0 Å². The molecule has 1 saturated heterocycles. The monoisotopic (exact) mass is 377 g/mol. The predicted octanol–water partition coefficient (Wildman–Crippen LogP) is 3.56. The van der Waals surface area contributed by atoms with Crippen molar-refractivity contribution in [3.8, 4) is 11.5 Å². The molecule has 0 amide bonds. The van der Waals surface area contributed by atoms with Crippen molar-refractivity contribution in [3.63, 3.8) is 0 Å². The number of hydrogen-bond acceptors (Lipinski definition) is 5. The minimum Gasteiger partial charge on any atom is -0.493 e. The molecule has 2 aromatic rings. The Morgan fingerprint density at radius 1 is 1.08 bits per heavy atom. The number of ether oxygens (including phenoxy) is 2. The quantitative estimate of drug-likeness (QED) is 0.801. The number of fused-ring (bicyclic) bond motifs is 1. The summed E-state index contributed by atoms with van der Waals surface area (Å²) in [6.45, 7) is 8.64. The molecule has 7 heteroatoms. The number of aromatic nitrogens is 2. The molecule has 2 N–H and O–H groups in total. The first kappa shape index (κ1) is 18.9. The van der Waals surface area contributed by atoms with E-state index in [9.17, 15) is 4.79 Å². The Labute approximate surface area is 158 Å². The third-order valence-electron chi connectivity index (χ3n) is 4.97. The number of H-pyrrole nitrogens is 1. The van der Waals surface area contributed by atoms with Crippen LogP contribution in [0.2, 0.25) is 0 Å². The molecule has 142 valence electrons. The Hall–Kier alpha value is -1.86. The largest absolute Gasteiger partial charge is 0.493 e. The van der Waals surface area contributed by atoms with Crippen molar-refractivity contribution in [2.24, 2.45) is 0 Å². The molecule has 0 aliphatic carbocycles. The van der Waals surface area contributed by atoms with Gasteiger partial charge in [0.15, 0.2) is 16.3 Å². The molecule has 0 spiro atoms. The van der Waals surface area contributed by atoms with Crippen LogP contribution < -0.4 is 20.3 Å². The molecule has 2 heterocycles. The summed E-state index contributed by atoms with van der Waals surface area (Å²) in [6.07, 6.45) is 1.65. The van der Waals surface area contributed by atoms with Gasteiger partial charge in [0, 0.05) is 23.2 Å². The molecular formula is C19H27N3O3S. The summed E-state index contributed by atoms with van der Waals surface area (Å²) >= 11 is 5.55. The fourth-order valence-corrected chi connectivity index (χ4v) is 4.68. The number of piperidine rings is 1. The maximum Gasteiger partial charge on any atom is 0.262 e. The van der Waals surface area contributed by atoms with Crippen molar-refractivity contribution in [2.45, 2.75) is 57.7 Å². The summed E-state index contributed by atoms with van der Waals surface area (Å²) in [6, 6.07) is 3.50. The minimum absolute atomic E-state index is 0.0231. The van der Waals surface area contributed by atoms with E-state index in [0.29, 0.717) is 27.2 Å². The molecule has 1 fully saturated rings. The zero-order valence-corrected chi connectivity index (χ0v) is 17.0. The lowest BCUT2D eigenvalue weighted by molar-refractivity contribution is 0.129. The van der Waals surface area contributed by atoms with Gasteiger partial charge in [0.2, 0.25) is 0 Å². The van der Waals surface area contributed by atoms with Crippen LogP contribution in [-0.2, 0) is 0 Å². The van der Waals surface area contributed by atoms with E-state index in [4.69, 9.17) is 21.7 Å². The third-order valence-corrected chi connectivity index (χ3v) is 5.27. The molecule has 0 unspecified atom stereocenters. The Balaban J connectivity index is 2.21. The molecule has 6 nitrogen and oxygen atoms in total. The number of aromatic amines is 1. The lowest BCUT2D eigenvalue weighted by Gasteiger charge is -2.46. The highest BCUT2D eigenvalue weighted by atomic mass is 32.1. The molecule has 1 aromatic carbocycles. The maximum absolute atomic E-state index is 13.3. The summed E-state index contributed by atoms with van der Waals surface area (Å²) in [5.74, 6) is 1.09. The Bertz CT molecular complexity index is 943. The predicted molar refractivity (Wildman–Crippen MR) is 106 cm³/mol. The first-order chi connectivity index (χ1) is 12.1. The van der Waals surface area contributed by atoms with E-state index in [1.54, 1.807) is 30.9 Å². The maximum atomic E-state index is 13.3. The van der Waals surface area contributed by atoms with E-state index in [0.717, 1.165) is 12.8 Å². The average molecular weight is 378 g/mol.